The van der Waals surface area contributed by atoms with Gasteiger partial charge in [-0.3, -0.25) is 4.79 Å². The molecule has 1 aromatic carbocycles. The number of benzene rings is 1. The summed E-state index contributed by atoms with van der Waals surface area (Å²) < 4.78 is 13.5. The van der Waals surface area contributed by atoms with E-state index in [2.05, 4.69) is 26.2 Å². The summed E-state index contributed by atoms with van der Waals surface area (Å²) in [6.07, 6.45) is 0.977. The molecule has 4 nitrogen and oxygen atoms in total. The predicted octanol–water partition coefficient (Wildman–Crippen LogP) is 2.87. The molecule has 1 heterocycles. The first-order valence-electron chi connectivity index (χ1n) is 5.49. The van der Waals surface area contributed by atoms with E-state index in [1.54, 1.807) is 18.2 Å². The van der Waals surface area contributed by atoms with Gasteiger partial charge in [-0.1, -0.05) is 28.1 Å². The SMILES string of the molecule is NC(=S)c1cc(Br)ccc1NC(=O)c1ccc(F)cn1. The Kier molecular flexibility index (Phi) is 4.41. The van der Waals surface area contributed by atoms with Gasteiger partial charge in [-0.05, 0) is 30.3 Å². The highest BCUT2D eigenvalue weighted by molar-refractivity contribution is 9.10. The minimum Gasteiger partial charge on any atom is -0.389 e. The number of aromatic nitrogens is 1. The quantitative estimate of drug-likeness (QED) is 0.832. The lowest BCUT2D eigenvalue weighted by Gasteiger charge is -2.10. The number of hydrogen-bond acceptors (Lipinski definition) is 3. The normalized spacial score (nSPS) is 10.1. The third-order valence-electron chi connectivity index (χ3n) is 2.46. The first kappa shape index (κ1) is 14.5. The standard InChI is InChI=1S/C13H9BrFN3OS/c14-7-1-3-10(9(5-7)12(16)20)18-13(19)11-4-2-8(15)6-17-11/h1-6H,(H2,16,20)(H,18,19). The molecule has 0 saturated heterocycles. The predicted molar refractivity (Wildman–Crippen MR) is 82.2 cm³/mol. The van der Waals surface area contributed by atoms with Gasteiger partial charge >= 0.3 is 0 Å². The molecule has 0 aliphatic carbocycles. The van der Waals surface area contributed by atoms with Crippen molar-refractivity contribution in [1.82, 2.24) is 4.98 Å². The van der Waals surface area contributed by atoms with Crippen LogP contribution in [0.3, 0.4) is 0 Å². The smallest absolute Gasteiger partial charge is 0.274 e. The lowest BCUT2D eigenvalue weighted by Crippen LogP contribution is -2.18. The molecule has 20 heavy (non-hydrogen) atoms. The summed E-state index contributed by atoms with van der Waals surface area (Å²) in [5.41, 5.74) is 6.71. The van der Waals surface area contributed by atoms with E-state index in [9.17, 15) is 9.18 Å². The molecule has 0 fully saturated rings. The maximum Gasteiger partial charge on any atom is 0.274 e. The van der Waals surface area contributed by atoms with Crippen LogP contribution in [0.25, 0.3) is 0 Å². The summed E-state index contributed by atoms with van der Waals surface area (Å²) in [6.45, 7) is 0. The van der Waals surface area contributed by atoms with Crippen LogP contribution in [0.4, 0.5) is 10.1 Å². The minimum absolute atomic E-state index is 0.100. The van der Waals surface area contributed by atoms with Crippen molar-refractivity contribution in [3.63, 3.8) is 0 Å². The van der Waals surface area contributed by atoms with Gasteiger partial charge in [0.1, 0.15) is 16.5 Å². The fourth-order valence-electron chi connectivity index (χ4n) is 1.53. The molecule has 0 unspecified atom stereocenters. The lowest BCUT2D eigenvalue weighted by molar-refractivity contribution is 0.102. The molecule has 0 saturated carbocycles. The molecule has 0 atom stereocenters. The highest BCUT2D eigenvalue weighted by Gasteiger charge is 2.12. The Morgan fingerprint density at radius 1 is 1.35 bits per heavy atom. The fourth-order valence-corrected chi connectivity index (χ4v) is 2.06. The summed E-state index contributed by atoms with van der Waals surface area (Å²) >= 11 is 8.24. The van der Waals surface area contributed by atoms with Crippen LogP contribution in [0.15, 0.2) is 41.0 Å². The average molecular weight is 354 g/mol. The highest BCUT2D eigenvalue weighted by Crippen LogP contribution is 2.21. The number of carbonyl (C=O) groups is 1. The van der Waals surface area contributed by atoms with E-state index < -0.39 is 11.7 Å². The maximum atomic E-state index is 12.8. The van der Waals surface area contributed by atoms with Crippen molar-refractivity contribution in [1.29, 1.82) is 0 Å². The topological polar surface area (TPSA) is 68.0 Å². The molecule has 0 spiro atoms. The summed E-state index contributed by atoms with van der Waals surface area (Å²) in [7, 11) is 0. The summed E-state index contributed by atoms with van der Waals surface area (Å²) in [4.78, 5) is 15.9. The first-order valence-corrected chi connectivity index (χ1v) is 6.70. The lowest BCUT2D eigenvalue weighted by atomic mass is 10.1. The van der Waals surface area contributed by atoms with Crippen LogP contribution in [0.5, 0.6) is 0 Å². The third-order valence-corrected chi connectivity index (χ3v) is 3.17. The van der Waals surface area contributed by atoms with E-state index in [-0.39, 0.29) is 10.7 Å². The monoisotopic (exact) mass is 353 g/mol. The van der Waals surface area contributed by atoms with Crippen LogP contribution in [0.1, 0.15) is 16.1 Å². The Balaban J connectivity index is 2.28. The van der Waals surface area contributed by atoms with Crippen LogP contribution < -0.4 is 11.1 Å². The number of hydrogen-bond donors (Lipinski definition) is 2. The van der Waals surface area contributed by atoms with Gasteiger partial charge in [0.05, 0.1) is 11.9 Å². The molecule has 0 radical (unpaired) electrons. The van der Waals surface area contributed by atoms with Gasteiger partial charge in [0, 0.05) is 10.0 Å². The molecular formula is C13H9BrFN3OS. The van der Waals surface area contributed by atoms with Crippen LogP contribution in [0.2, 0.25) is 0 Å². The number of amides is 1. The number of rotatable bonds is 3. The van der Waals surface area contributed by atoms with E-state index in [0.717, 1.165) is 16.7 Å². The molecule has 1 amide bonds. The second-order valence-electron chi connectivity index (χ2n) is 3.87. The van der Waals surface area contributed by atoms with Crippen molar-refractivity contribution in [3.8, 4) is 0 Å². The van der Waals surface area contributed by atoms with Gasteiger partial charge in [0.2, 0.25) is 0 Å². The molecule has 2 aromatic rings. The average Bonchev–Trinajstić information content (AvgIpc) is 2.41. The zero-order valence-electron chi connectivity index (χ0n) is 10.1. The fraction of sp³-hybridized carbons (Fsp3) is 0. The van der Waals surface area contributed by atoms with Gasteiger partial charge in [0.25, 0.3) is 5.91 Å². The van der Waals surface area contributed by atoms with Gasteiger partial charge < -0.3 is 11.1 Å². The minimum atomic E-state index is -0.506. The van der Waals surface area contributed by atoms with Crippen molar-refractivity contribution in [2.45, 2.75) is 0 Å². The Labute approximate surface area is 128 Å². The molecule has 7 heteroatoms. The largest absolute Gasteiger partial charge is 0.389 e. The van der Waals surface area contributed by atoms with Crippen LogP contribution in [-0.2, 0) is 0 Å². The Bertz CT molecular complexity index is 676. The number of nitrogens with two attached hydrogens (primary N) is 1. The number of pyridine rings is 1. The Morgan fingerprint density at radius 2 is 2.10 bits per heavy atom. The van der Waals surface area contributed by atoms with Gasteiger partial charge in [-0.25, -0.2) is 9.37 Å². The van der Waals surface area contributed by atoms with E-state index in [4.69, 9.17) is 18.0 Å². The Hall–Kier alpha value is -1.86. The van der Waals surface area contributed by atoms with Crippen molar-refractivity contribution < 1.29 is 9.18 Å². The number of anilines is 1. The van der Waals surface area contributed by atoms with E-state index in [0.29, 0.717) is 11.3 Å². The van der Waals surface area contributed by atoms with Crippen LogP contribution in [-0.4, -0.2) is 15.9 Å². The molecule has 102 valence electrons. The van der Waals surface area contributed by atoms with E-state index in [1.807, 2.05) is 0 Å². The Morgan fingerprint density at radius 3 is 2.70 bits per heavy atom. The van der Waals surface area contributed by atoms with E-state index in [1.165, 1.54) is 6.07 Å². The van der Waals surface area contributed by atoms with E-state index >= 15 is 0 Å². The second-order valence-corrected chi connectivity index (χ2v) is 5.23. The van der Waals surface area contributed by atoms with Crippen molar-refractivity contribution in [2.75, 3.05) is 5.32 Å². The van der Waals surface area contributed by atoms with Crippen molar-refractivity contribution >= 4 is 44.7 Å². The molecule has 3 N–H and O–H groups in total. The summed E-state index contributed by atoms with van der Waals surface area (Å²) in [5.74, 6) is -0.973. The molecule has 0 bridgehead atoms. The third kappa shape index (κ3) is 3.37. The van der Waals surface area contributed by atoms with Crippen molar-refractivity contribution in [2.24, 2.45) is 5.73 Å². The molecule has 0 aliphatic rings. The molecule has 1 aromatic heterocycles. The molecule has 2 rings (SSSR count). The van der Waals surface area contributed by atoms with Crippen LogP contribution in [0, 0.1) is 5.82 Å². The van der Waals surface area contributed by atoms with Gasteiger partial charge in [-0.15, -0.1) is 0 Å². The number of thiocarbonyl (C=S) groups is 1. The summed E-state index contributed by atoms with van der Waals surface area (Å²) in [5, 5.41) is 2.64. The maximum absolute atomic E-state index is 12.8. The first-order chi connectivity index (χ1) is 9.47. The molecule has 0 aliphatic heterocycles. The van der Waals surface area contributed by atoms with Gasteiger partial charge in [0.15, 0.2) is 0 Å². The molecular weight excluding hydrogens is 345 g/mol. The highest BCUT2D eigenvalue weighted by atomic mass is 79.9. The zero-order chi connectivity index (χ0) is 14.7. The van der Waals surface area contributed by atoms with Crippen molar-refractivity contribution in [3.05, 3.63) is 58.1 Å². The summed E-state index contributed by atoms with van der Waals surface area (Å²) in [6, 6.07) is 7.58. The van der Waals surface area contributed by atoms with Crippen LogP contribution >= 0.6 is 28.1 Å². The number of halogens is 2. The number of carbonyl (C=O) groups excluding carboxylic acids is 1. The zero-order valence-corrected chi connectivity index (χ0v) is 12.5. The van der Waals surface area contributed by atoms with Gasteiger partial charge in [-0.2, -0.15) is 0 Å². The second kappa shape index (κ2) is 6.06. The number of nitrogens with one attached hydrogen (secondary N) is 1. The number of nitrogens with zero attached hydrogens (tertiary/aromatic N) is 1.